The zero-order valence-corrected chi connectivity index (χ0v) is 10.7. The minimum atomic E-state index is 0.471. The standard InChI is InChI=1S/C15H22N2/c1-17(14-7-10-16-11-14)12-15(8-9-15)13-5-3-2-4-6-13/h2-6,14,16H,7-12H2,1H3. The highest BCUT2D eigenvalue weighted by molar-refractivity contribution is 5.31. The molecule has 0 spiro atoms. The molecule has 2 fully saturated rings. The second kappa shape index (κ2) is 4.43. The summed E-state index contributed by atoms with van der Waals surface area (Å²) in [7, 11) is 2.29. The average Bonchev–Trinajstić information content (AvgIpc) is 2.94. The number of likely N-dealkylation sites (N-methyl/N-ethyl adjacent to an activating group) is 1. The van der Waals surface area contributed by atoms with Crippen LogP contribution in [0.1, 0.15) is 24.8 Å². The van der Waals surface area contributed by atoms with Gasteiger partial charge in [0.05, 0.1) is 0 Å². The van der Waals surface area contributed by atoms with Gasteiger partial charge in [0.1, 0.15) is 0 Å². The topological polar surface area (TPSA) is 15.3 Å². The van der Waals surface area contributed by atoms with Crippen LogP contribution in [0.15, 0.2) is 30.3 Å². The van der Waals surface area contributed by atoms with Crippen LogP contribution < -0.4 is 5.32 Å². The Hall–Kier alpha value is -0.860. The fraction of sp³-hybridized carbons (Fsp3) is 0.600. The Morgan fingerprint density at radius 1 is 1.29 bits per heavy atom. The maximum atomic E-state index is 3.46. The average molecular weight is 230 g/mol. The molecule has 1 aliphatic carbocycles. The molecule has 1 aromatic rings. The summed E-state index contributed by atoms with van der Waals surface area (Å²) in [6, 6.07) is 11.8. The molecule has 2 aliphatic rings. The molecule has 1 heterocycles. The molecule has 1 aromatic carbocycles. The minimum Gasteiger partial charge on any atom is -0.315 e. The Morgan fingerprint density at radius 3 is 2.65 bits per heavy atom. The van der Waals surface area contributed by atoms with Crippen LogP contribution in [0.25, 0.3) is 0 Å². The third kappa shape index (κ3) is 2.24. The summed E-state index contributed by atoms with van der Waals surface area (Å²) in [6.45, 7) is 3.58. The van der Waals surface area contributed by atoms with Gasteiger partial charge in [0.25, 0.3) is 0 Å². The zero-order valence-electron chi connectivity index (χ0n) is 10.7. The normalized spacial score (nSPS) is 26.4. The molecule has 1 unspecified atom stereocenters. The van der Waals surface area contributed by atoms with E-state index < -0.39 is 0 Å². The van der Waals surface area contributed by atoms with E-state index in [2.05, 4.69) is 47.6 Å². The van der Waals surface area contributed by atoms with Crippen molar-refractivity contribution in [2.45, 2.75) is 30.7 Å². The van der Waals surface area contributed by atoms with Crippen molar-refractivity contribution < 1.29 is 0 Å². The Labute approximate surface area is 104 Å². The third-order valence-corrected chi connectivity index (χ3v) is 4.45. The summed E-state index contributed by atoms with van der Waals surface area (Å²) in [4.78, 5) is 2.57. The molecule has 1 atom stereocenters. The number of hydrogen-bond donors (Lipinski definition) is 1. The van der Waals surface area contributed by atoms with Gasteiger partial charge in [0, 0.05) is 24.5 Å². The van der Waals surface area contributed by atoms with Gasteiger partial charge in [-0.2, -0.15) is 0 Å². The lowest BCUT2D eigenvalue weighted by atomic mass is 9.95. The van der Waals surface area contributed by atoms with E-state index in [1.54, 1.807) is 0 Å². The third-order valence-electron chi connectivity index (χ3n) is 4.45. The predicted molar refractivity (Wildman–Crippen MR) is 71.3 cm³/mol. The highest BCUT2D eigenvalue weighted by atomic mass is 15.2. The number of rotatable bonds is 4. The van der Waals surface area contributed by atoms with Gasteiger partial charge in [0.2, 0.25) is 0 Å². The molecule has 0 amide bonds. The summed E-state index contributed by atoms with van der Waals surface area (Å²) < 4.78 is 0. The molecule has 0 aromatic heterocycles. The molecule has 1 saturated carbocycles. The molecule has 2 heteroatoms. The van der Waals surface area contributed by atoms with E-state index in [1.165, 1.54) is 44.5 Å². The molecule has 0 radical (unpaired) electrons. The summed E-state index contributed by atoms with van der Waals surface area (Å²) in [5.74, 6) is 0. The van der Waals surface area contributed by atoms with Crippen molar-refractivity contribution in [1.82, 2.24) is 10.2 Å². The summed E-state index contributed by atoms with van der Waals surface area (Å²) >= 11 is 0. The maximum absolute atomic E-state index is 3.46. The minimum absolute atomic E-state index is 0.471. The van der Waals surface area contributed by atoms with Crippen LogP contribution >= 0.6 is 0 Å². The van der Waals surface area contributed by atoms with Gasteiger partial charge in [-0.15, -0.1) is 0 Å². The van der Waals surface area contributed by atoms with Crippen molar-refractivity contribution in [2.24, 2.45) is 0 Å². The number of hydrogen-bond acceptors (Lipinski definition) is 2. The van der Waals surface area contributed by atoms with Crippen molar-refractivity contribution >= 4 is 0 Å². The molecule has 1 aliphatic heterocycles. The van der Waals surface area contributed by atoms with Crippen molar-refractivity contribution in [2.75, 3.05) is 26.7 Å². The fourth-order valence-corrected chi connectivity index (χ4v) is 3.10. The number of benzene rings is 1. The summed E-state index contributed by atoms with van der Waals surface area (Å²) in [5.41, 5.74) is 2.01. The van der Waals surface area contributed by atoms with Crippen LogP contribution in [0.4, 0.5) is 0 Å². The van der Waals surface area contributed by atoms with Crippen LogP contribution in [0, 0.1) is 0 Å². The van der Waals surface area contributed by atoms with Crippen LogP contribution in [-0.2, 0) is 5.41 Å². The highest BCUT2D eigenvalue weighted by Crippen LogP contribution is 2.48. The zero-order chi connectivity index (χ0) is 11.7. The van der Waals surface area contributed by atoms with E-state index in [1.807, 2.05) is 0 Å². The van der Waals surface area contributed by atoms with Crippen LogP contribution in [-0.4, -0.2) is 37.6 Å². The first-order chi connectivity index (χ1) is 8.30. The van der Waals surface area contributed by atoms with Crippen molar-refractivity contribution in [1.29, 1.82) is 0 Å². The molecule has 2 nitrogen and oxygen atoms in total. The van der Waals surface area contributed by atoms with Crippen LogP contribution in [0.3, 0.4) is 0 Å². The number of nitrogens with zero attached hydrogens (tertiary/aromatic N) is 1. The highest BCUT2D eigenvalue weighted by Gasteiger charge is 2.45. The van der Waals surface area contributed by atoms with Gasteiger partial charge in [-0.3, -0.25) is 0 Å². The van der Waals surface area contributed by atoms with Crippen LogP contribution in [0.2, 0.25) is 0 Å². The van der Waals surface area contributed by atoms with Gasteiger partial charge in [-0.05, 0) is 38.4 Å². The molecular formula is C15H22N2. The Morgan fingerprint density at radius 2 is 2.06 bits per heavy atom. The van der Waals surface area contributed by atoms with E-state index in [0.29, 0.717) is 5.41 Å². The lowest BCUT2D eigenvalue weighted by molar-refractivity contribution is 0.234. The molecule has 0 bridgehead atoms. The van der Waals surface area contributed by atoms with Gasteiger partial charge in [-0.25, -0.2) is 0 Å². The quantitative estimate of drug-likeness (QED) is 0.851. The largest absolute Gasteiger partial charge is 0.315 e. The van der Waals surface area contributed by atoms with Gasteiger partial charge >= 0.3 is 0 Å². The first-order valence-corrected chi connectivity index (χ1v) is 6.77. The molecule has 17 heavy (non-hydrogen) atoms. The van der Waals surface area contributed by atoms with E-state index in [-0.39, 0.29) is 0 Å². The number of nitrogens with one attached hydrogen (secondary N) is 1. The fourth-order valence-electron chi connectivity index (χ4n) is 3.10. The van der Waals surface area contributed by atoms with E-state index in [0.717, 1.165) is 6.04 Å². The Bertz CT molecular complexity index is 364. The predicted octanol–water partition coefficient (Wildman–Crippen LogP) is 2.01. The van der Waals surface area contributed by atoms with E-state index in [9.17, 15) is 0 Å². The second-order valence-corrected chi connectivity index (χ2v) is 5.71. The monoisotopic (exact) mass is 230 g/mol. The molecular weight excluding hydrogens is 208 g/mol. The Kier molecular flexibility index (Phi) is 2.93. The first-order valence-electron chi connectivity index (χ1n) is 6.77. The van der Waals surface area contributed by atoms with Gasteiger partial charge < -0.3 is 10.2 Å². The smallest absolute Gasteiger partial charge is 0.0230 e. The second-order valence-electron chi connectivity index (χ2n) is 5.71. The summed E-state index contributed by atoms with van der Waals surface area (Å²) in [6.07, 6.45) is 4.03. The molecule has 1 saturated heterocycles. The van der Waals surface area contributed by atoms with Crippen molar-refractivity contribution in [3.63, 3.8) is 0 Å². The molecule has 3 rings (SSSR count). The molecule has 1 N–H and O–H groups in total. The van der Waals surface area contributed by atoms with E-state index in [4.69, 9.17) is 0 Å². The van der Waals surface area contributed by atoms with Crippen LogP contribution in [0.5, 0.6) is 0 Å². The lowest BCUT2D eigenvalue weighted by Gasteiger charge is -2.28. The lowest BCUT2D eigenvalue weighted by Crippen LogP contribution is -2.38. The van der Waals surface area contributed by atoms with Crippen molar-refractivity contribution in [3.8, 4) is 0 Å². The van der Waals surface area contributed by atoms with Crippen molar-refractivity contribution in [3.05, 3.63) is 35.9 Å². The summed E-state index contributed by atoms with van der Waals surface area (Å²) in [5, 5.41) is 3.46. The van der Waals surface area contributed by atoms with Gasteiger partial charge in [-0.1, -0.05) is 30.3 Å². The SMILES string of the molecule is CN(CC1(c2ccccc2)CC1)C1CCNC1. The van der Waals surface area contributed by atoms with E-state index >= 15 is 0 Å². The first kappa shape index (κ1) is 11.2. The molecule has 92 valence electrons. The maximum Gasteiger partial charge on any atom is 0.0230 e. The Balaban J connectivity index is 1.68. The van der Waals surface area contributed by atoms with Gasteiger partial charge in [0.15, 0.2) is 0 Å².